The molecule has 0 aromatic heterocycles. The van der Waals surface area contributed by atoms with Crippen LogP contribution in [0, 0.1) is 0 Å². The summed E-state index contributed by atoms with van der Waals surface area (Å²) in [5.74, 6) is 2.20. The van der Waals surface area contributed by atoms with Gasteiger partial charge in [-0.2, -0.15) is 0 Å². The molecular weight excluding hydrogens is 491 g/mol. The van der Waals surface area contributed by atoms with E-state index in [1.54, 1.807) is 21.3 Å². The number of benzene rings is 2. The number of ether oxygens (including phenoxy) is 2. The van der Waals surface area contributed by atoms with Crippen molar-refractivity contribution in [2.75, 3.05) is 28.3 Å². The molecule has 0 saturated carbocycles. The number of guanidine groups is 1. The molecule has 2 N–H and O–H groups in total. The molecule has 2 aromatic carbocycles. The fourth-order valence-corrected chi connectivity index (χ4v) is 2.91. The molecule has 0 aliphatic rings. The molecular formula is C23H35IN4O2. The third kappa shape index (κ3) is 7.68. The highest BCUT2D eigenvalue weighted by atomic mass is 127. The second-order valence-electron chi connectivity index (χ2n) is 7.25. The average molecular weight is 526 g/mol. The first kappa shape index (κ1) is 26.0. The van der Waals surface area contributed by atoms with E-state index in [9.17, 15) is 0 Å². The first-order chi connectivity index (χ1) is 14.0. The number of methoxy groups -OCH3 is 2. The van der Waals surface area contributed by atoms with Crippen LogP contribution in [0.25, 0.3) is 0 Å². The van der Waals surface area contributed by atoms with Gasteiger partial charge in [-0.3, -0.25) is 9.89 Å². The van der Waals surface area contributed by atoms with Crippen LogP contribution in [0.4, 0.5) is 0 Å². The van der Waals surface area contributed by atoms with Crippen LogP contribution in [-0.4, -0.2) is 45.2 Å². The van der Waals surface area contributed by atoms with E-state index in [-0.39, 0.29) is 24.0 Å². The fraction of sp³-hybridized carbons (Fsp3) is 0.435. The van der Waals surface area contributed by atoms with Crippen LogP contribution in [0.5, 0.6) is 11.5 Å². The summed E-state index contributed by atoms with van der Waals surface area (Å²) in [6, 6.07) is 14.9. The highest BCUT2D eigenvalue weighted by molar-refractivity contribution is 14.0. The number of aliphatic imine (C=N–C) groups is 1. The number of hydrogen-bond donors (Lipinski definition) is 2. The number of nitrogens with one attached hydrogen (secondary N) is 2. The van der Waals surface area contributed by atoms with Crippen LogP contribution in [0.1, 0.15) is 30.5 Å². The van der Waals surface area contributed by atoms with E-state index >= 15 is 0 Å². The van der Waals surface area contributed by atoms with Gasteiger partial charge in [0.05, 0.1) is 14.2 Å². The molecule has 2 aromatic rings. The van der Waals surface area contributed by atoms with Gasteiger partial charge in [0.25, 0.3) is 0 Å². The van der Waals surface area contributed by atoms with Gasteiger partial charge in [0.2, 0.25) is 0 Å². The van der Waals surface area contributed by atoms with Crippen molar-refractivity contribution >= 4 is 29.9 Å². The zero-order valence-corrected chi connectivity index (χ0v) is 21.2. The van der Waals surface area contributed by atoms with Crippen molar-refractivity contribution in [2.24, 2.45) is 4.99 Å². The minimum Gasteiger partial charge on any atom is -0.493 e. The summed E-state index contributed by atoms with van der Waals surface area (Å²) in [7, 11) is 7.21. The van der Waals surface area contributed by atoms with Gasteiger partial charge in [-0.1, -0.05) is 30.3 Å². The maximum absolute atomic E-state index is 5.37. The molecule has 0 bridgehead atoms. The Morgan fingerprint density at radius 2 is 1.60 bits per heavy atom. The summed E-state index contributed by atoms with van der Waals surface area (Å²) < 4.78 is 10.7. The summed E-state index contributed by atoms with van der Waals surface area (Å²) in [5, 5.41) is 6.77. The number of halogens is 1. The molecule has 0 aliphatic carbocycles. The molecule has 0 aliphatic heterocycles. The quantitative estimate of drug-likeness (QED) is 0.294. The van der Waals surface area contributed by atoms with Crippen LogP contribution in [0.3, 0.4) is 0 Å². The van der Waals surface area contributed by atoms with Crippen molar-refractivity contribution in [2.45, 2.75) is 39.5 Å². The Balaban J connectivity index is 0.00000450. The SMILES string of the molecule is CN=C(NCc1ccc(OC)c(OC)c1)NCc1ccccc1CN(C)C(C)C.I. The molecule has 0 saturated heterocycles. The Morgan fingerprint density at radius 3 is 2.20 bits per heavy atom. The zero-order chi connectivity index (χ0) is 21.2. The first-order valence-electron chi connectivity index (χ1n) is 9.91. The molecule has 0 radical (unpaired) electrons. The highest BCUT2D eigenvalue weighted by Crippen LogP contribution is 2.27. The van der Waals surface area contributed by atoms with E-state index in [1.165, 1.54) is 11.1 Å². The molecule has 0 heterocycles. The van der Waals surface area contributed by atoms with Crippen molar-refractivity contribution in [3.05, 3.63) is 59.2 Å². The summed E-state index contributed by atoms with van der Waals surface area (Å²) in [6.45, 7) is 6.69. The van der Waals surface area contributed by atoms with E-state index < -0.39 is 0 Å². The molecule has 6 nitrogen and oxygen atoms in total. The Morgan fingerprint density at radius 1 is 0.967 bits per heavy atom. The van der Waals surface area contributed by atoms with Gasteiger partial charge in [0.1, 0.15) is 0 Å². The Kier molecular flexibility index (Phi) is 11.6. The molecule has 7 heteroatoms. The predicted octanol–water partition coefficient (Wildman–Crippen LogP) is 4.03. The van der Waals surface area contributed by atoms with Crippen molar-refractivity contribution in [3.63, 3.8) is 0 Å². The molecule has 166 valence electrons. The fourth-order valence-electron chi connectivity index (χ4n) is 2.91. The van der Waals surface area contributed by atoms with E-state index in [1.807, 2.05) is 18.2 Å². The predicted molar refractivity (Wildman–Crippen MR) is 135 cm³/mol. The number of rotatable bonds is 9. The highest BCUT2D eigenvalue weighted by Gasteiger charge is 2.09. The molecule has 0 fully saturated rings. The van der Waals surface area contributed by atoms with Crippen molar-refractivity contribution < 1.29 is 9.47 Å². The third-order valence-electron chi connectivity index (χ3n) is 5.00. The maximum Gasteiger partial charge on any atom is 0.191 e. The van der Waals surface area contributed by atoms with E-state index in [4.69, 9.17) is 9.47 Å². The lowest BCUT2D eigenvalue weighted by Crippen LogP contribution is -2.36. The topological polar surface area (TPSA) is 58.1 Å². The first-order valence-corrected chi connectivity index (χ1v) is 9.91. The Labute approximate surface area is 198 Å². The molecule has 0 atom stereocenters. The van der Waals surface area contributed by atoms with Crippen molar-refractivity contribution in [1.29, 1.82) is 0 Å². The maximum atomic E-state index is 5.37. The lowest BCUT2D eigenvalue weighted by Gasteiger charge is -2.23. The molecule has 0 spiro atoms. The van der Waals surface area contributed by atoms with Crippen molar-refractivity contribution in [3.8, 4) is 11.5 Å². The van der Waals surface area contributed by atoms with Gasteiger partial charge in [0.15, 0.2) is 17.5 Å². The molecule has 0 unspecified atom stereocenters. The van der Waals surface area contributed by atoms with Gasteiger partial charge < -0.3 is 20.1 Å². The monoisotopic (exact) mass is 526 g/mol. The van der Waals surface area contributed by atoms with Gasteiger partial charge >= 0.3 is 0 Å². The molecule has 0 amide bonds. The second-order valence-corrected chi connectivity index (χ2v) is 7.25. The van der Waals surface area contributed by atoms with Crippen LogP contribution < -0.4 is 20.1 Å². The zero-order valence-electron chi connectivity index (χ0n) is 18.9. The Hall–Kier alpha value is -2.00. The lowest BCUT2D eigenvalue weighted by molar-refractivity contribution is 0.265. The van der Waals surface area contributed by atoms with Crippen molar-refractivity contribution in [1.82, 2.24) is 15.5 Å². The summed E-state index contributed by atoms with van der Waals surface area (Å²) in [5.41, 5.74) is 3.69. The summed E-state index contributed by atoms with van der Waals surface area (Å²) in [4.78, 5) is 6.68. The summed E-state index contributed by atoms with van der Waals surface area (Å²) >= 11 is 0. The van der Waals surface area contributed by atoms with Gasteiger partial charge in [-0.15, -0.1) is 24.0 Å². The second kappa shape index (κ2) is 13.3. The standard InChI is InChI=1S/C23H34N4O2.HI/c1-17(2)27(4)16-20-10-8-7-9-19(20)15-26-23(24-3)25-14-18-11-12-21(28-5)22(13-18)29-6;/h7-13,17H,14-16H2,1-6H3,(H2,24,25,26);1H. The van der Waals surface area contributed by atoms with Gasteiger partial charge in [0, 0.05) is 32.7 Å². The largest absolute Gasteiger partial charge is 0.493 e. The van der Waals surface area contributed by atoms with Crippen LogP contribution in [-0.2, 0) is 19.6 Å². The number of nitrogens with zero attached hydrogens (tertiary/aromatic N) is 2. The van der Waals surface area contributed by atoms with Crippen LogP contribution >= 0.6 is 24.0 Å². The molecule has 30 heavy (non-hydrogen) atoms. The van der Waals surface area contributed by atoms with E-state index in [2.05, 4.69) is 65.7 Å². The normalized spacial score (nSPS) is 11.3. The van der Waals surface area contributed by atoms with E-state index in [0.29, 0.717) is 19.1 Å². The lowest BCUT2D eigenvalue weighted by atomic mass is 10.1. The minimum atomic E-state index is 0. The van der Waals surface area contributed by atoms with E-state index in [0.717, 1.165) is 29.6 Å². The van der Waals surface area contributed by atoms with Gasteiger partial charge in [-0.05, 0) is 49.7 Å². The summed E-state index contributed by atoms with van der Waals surface area (Å²) in [6.07, 6.45) is 0. The van der Waals surface area contributed by atoms with Crippen LogP contribution in [0.2, 0.25) is 0 Å². The van der Waals surface area contributed by atoms with Crippen LogP contribution in [0.15, 0.2) is 47.5 Å². The average Bonchev–Trinajstić information content (AvgIpc) is 2.74. The Bertz CT molecular complexity index is 812. The minimum absolute atomic E-state index is 0. The number of hydrogen-bond acceptors (Lipinski definition) is 4. The van der Waals surface area contributed by atoms with Gasteiger partial charge in [-0.25, -0.2) is 0 Å². The third-order valence-corrected chi connectivity index (χ3v) is 5.00. The molecule has 2 rings (SSSR count). The smallest absolute Gasteiger partial charge is 0.191 e.